The highest BCUT2D eigenvalue weighted by Gasteiger charge is 2.40. The van der Waals surface area contributed by atoms with Crippen molar-refractivity contribution in [3.05, 3.63) is 317 Å². The number of aromatic nitrogens is 4. The maximum Gasteiger partial charge on any atom is 0.319 e. The first-order valence-corrected chi connectivity index (χ1v) is 47.4. The average molecular weight is 1990 g/mol. The van der Waals surface area contributed by atoms with Gasteiger partial charge in [0.25, 0.3) is 0 Å². The Hall–Kier alpha value is -14.1. The predicted molar refractivity (Wildman–Crippen MR) is 537 cm³/mol. The van der Waals surface area contributed by atoms with Crippen LogP contribution in [-0.2, 0) is 30.1 Å². The Morgan fingerprint density at radius 3 is 0.910 bits per heavy atom. The Morgan fingerprint density at radius 2 is 0.611 bits per heavy atom. The summed E-state index contributed by atoms with van der Waals surface area (Å²) in [7, 11) is 9.63. The molecule has 8 N–H and O–H groups in total. The van der Waals surface area contributed by atoms with Crippen LogP contribution in [-0.4, -0.2) is 255 Å². The van der Waals surface area contributed by atoms with E-state index in [4.69, 9.17) is 42.9 Å². The number of carbonyl (C=O) groups is 4. The number of anilines is 4. The lowest BCUT2D eigenvalue weighted by molar-refractivity contribution is 0.144. The monoisotopic (exact) mass is 1980 g/mol. The Kier molecular flexibility index (Phi) is 40.1. The van der Waals surface area contributed by atoms with Crippen LogP contribution in [0, 0.1) is 46.5 Å². The first-order chi connectivity index (χ1) is 69.9. The number of aryl methyl sites for hydroxylation is 1. The molecule has 4 aliphatic heterocycles. The van der Waals surface area contributed by atoms with Gasteiger partial charge in [0.1, 0.15) is 12.4 Å². The number of carbonyl (C=O) groups excluding carboxylic acids is 4. The van der Waals surface area contributed by atoms with Crippen molar-refractivity contribution in [2.75, 3.05) is 189 Å². The number of hydrogen-bond acceptors (Lipinski definition) is 20. The zero-order valence-electron chi connectivity index (χ0n) is 81.4. The molecule has 4 fully saturated rings. The van der Waals surface area contributed by atoms with E-state index in [-0.39, 0.29) is 53.9 Å². The molecule has 8 aromatic carbocycles. The van der Waals surface area contributed by atoms with Crippen molar-refractivity contribution in [3.63, 3.8) is 0 Å². The second-order valence-electron chi connectivity index (χ2n) is 34.6. The number of nitrogens with zero attached hydrogens (tertiary/aromatic N) is 8. The van der Waals surface area contributed by atoms with Gasteiger partial charge in [0.2, 0.25) is 11.8 Å². The van der Waals surface area contributed by atoms with Crippen molar-refractivity contribution in [2.24, 2.45) is 0 Å². The van der Waals surface area contributed by atoms with Crippen molar-refractivity contribution in [3.8, 4) is 62.5 Å². The van der Waals surface area contributed by atoms with Crippen LogP contribution < -0.4 is 56.7 Å². The molecule has 0 bridgehead atoms. The highest BCUT2D eigenvalue weighted by atomic mass is 19.2. The first kappa shape index (κ1) is 107. The number of likely N-dealkylation sites (tertiary alicyclic amines) is 4. The number of ether oxygens (including phenoxy) is 8. The van der Waals surface area contributed by atoms with Gasteiger partial charge in [-0.15, -0.1) is 0 Å². The molecular weight excluding hydrogens is 1870 g/mol. The van der Waals surface area contributed by atoms with Crippen LogP contribution in [0.5, 0.6) is 17.5 Å². The summed E-state index contributed by atoms with van der Waals surface area (Å²) in [6.45, 7) is 14.5. The third-order valence-electron chi connectivity index (χ3n) is 24.9. The van der Waals surface area contributed by atoms with E-state index in [0.29, 0.717) is 210 Å². The number of amides is 8. The molecule has 36 heteroatoms. The summed E-state index contributed by atoms with van der Waals surface area (Å²) in [6, 6.07) is 63.2. The zero-order valence-corrected chi connectivity index (χ0v) is 81.4. The van der Waals surface area contributed by atoms with E-state index >= 15 is 0 Å². The number of benzene rings is 8. The van der Waals surface area contributed by atoms with Gasteiger partial charge >= 0.3 is 24.1 Å². The van der Waals surface area contributed by atoms with Gasteiger partial charge in [-0.25, -0.2) is 64.3 Å². The van der Waals surface area contributed by atoms with Crippen molar-refractivity contribution in [2.45, 2.75) is 68.1 Å². The van der Waals surface area contributed by atoms with Crippen LogP contribution in [0.3, 0.4) is 0 Å². The van der Waals surface area contributed by atoms with Gasteiger partial charge in [-0.1, -0.05) is 153 Å². The van der Waals surface area contributed by atoms with Crippen molar-refractivity contribution in [1.82, 2.24) is 60.8 Å². The molecular formula is C108H120F8N16O12. The minimum atomic E-state index is -0.910. The average Bonchev–Trinajstić information content (AvgIpc) is 1.79. The number of halogens is 8. The molecule has 8 heterocycles. The summed E-state index contributed by atoms with van der Waals surface area (Å²) in [5.41, 5.74) is 11.4. The fourth-order valence-corrected chi connectivity index (χ4v) is 17.7. The molecule has 144 heavy (non-hydrogen) atoms. The van der Waals surface area contributed by atoms with E-state index in [0.717, 1.165) is 58.6 Å². The van der Waals surface area contributed by atoms with E-state index in [1.54, 1.807) is 96.3 Å². The second-order valence-corrected chi connectivity index (χ2v) is 34.6. The summed E-state index contributed by atoms with van der Waals surface area (Å²) < 4.78 is 152. The second kappa shape index (κ2) is 53.9. The molecule has 8 amide bonds. The zero-order chi connectivity index (χ0) is 102. The van der Waals surface area contributed by atoms with E-state index < -0.39 is 64.6 Å². The fraction of sp³-hybridized carbons (Fsp3) is 0.333. The lowest BCUT2D eigenvalue weighted by Crippen LogP contribution is -2.42. The van der Waals surface area contributed by atoms with Crippen LogP contribution in [0.1, 0.15) is 65.5 Å². The molecule has 4 saturated heterocycles. The van der Waals surface area contributed by atoms with Gasteiger partial charge in [-0.3, -0.25) is 29.6 Å². The molecule has 0 aliphatic carbocycles. The minimum absolute atomic E-state index is 0.193. The maximum absolute atomic E-state index is 14.0. The standard InChI is InChI=1S/C28H32F2N4O4.C27H30F2N4O3.C27H30F2N4O2.C26H28F2N4O3/c1-36-13-12-34-17-21(20-8-9-22(29)23(30)16-20)25(18-34)32-28(35)31-24-10-11-26(38-15-14-37-2)33-27(24)19-6-4-3-5-7-19;1-3-36-25-12-11-23(26(32-25)18-7-5-4-6-8-18)30-27(34)31-24-17-33(13-14-35-2)16-20(24)19-9-10-21(28)22(29)15-19;1-3-20-10-12-24(26(30-20)18-7-5-4-6-8-18)31-27(34)32-25-17-33(13-14-35-2)16-21(25)19-9-11-22(28)23(29)15-19;1-34-11-10-32-15-20(18-8-9-21(27)22(28)12-18)24(16-32)31-26(33)30-23-13-19(35-2)14-29-25(23)17-6-4-3-5-7-17/h3-11,16,21,25H,12-15,17-18H2,1-2H3,(H2,31,32,35);4-12,15,20,24H,3,13-14,16-17H2,1-2H3,(H2,30,31,34);4-12,15,21,25H,3,13-14,16-17H2,1-2H3,(H2,31,32,34);3-9,12-14,20,24H,10-11,15-16H2,1-2H3,(H2,30,31,33)/t21-,25+;20-,24+;21-,25+;20-,24+/m0000/s1. The summed E-state index contributed by atoms with van der Waals surface area (Å²) in [6.07, 6.45) is 2.37. The first-order valence-electron chi connectivity index (χ1n) is 47.4. The number of hydrogen-bond donors (Lipinski definition) is 8. The van der Waals surface area contributed by atoms with E-state index in [1.165, 1.54) is 31.4 Å². The SMILES string of the molecule is CCOc1ccc(NC(=O)N[C@@H]2CN(CCOC)C[C@H]2c2ccc(F)c(F)c2)c(-c2ccccc2)n1.CCc1ccc(NC(=O)N[C@@H]2CN(CCOC)C[C@H]2c2ccc(F)c(F)c2)c(-c2ccccc2)n1.COCCN1C[C@@H](NC(=O)Nc2cc(OC)cnc2-c2ccccc2)[C@H](c2ccc(F)c(F)c2)C1.COCCOc1ccc(NC(=O)N[C@@H]2CN(CCOC)C[C@H]2c2ccc(F)c(F)c2)c(-c2ccccc2)n1. The molecule has 8 atom stereocenters. The van der Waals surface area contributed by atoms with Crippen molar-refractivity contribution < 1.29 is 92.2 Å². The highest BCUT2D eigenvalue weighted by Crippen LogP contribution is 2.38. The number of rotatable bonds is 36. The minimum Gasteiger partial charge on any atom is -0.495 e. The van der Waals surface area contributed by atoms with E-state index in [1.807, 2.05) is 147 Å². The maximum atomic E-state index is 14.0. The normalized spacial score (nSPS) is 17.7. The van der Waals surface area contributed by atoms with Gasteiger partial charge in [0.05, 0.1) is 123 Å². The smallest absolute Gasteiger partial charge is 0.319 e. The van der Waals surface area contributed by atoms with Gasteiger partial charge in [0, 0.05) is 184 Å². The van der Waals surface area contributed by atoms with Crippen LogP contribution in [0.15, 0.2) is 243 Å². The quantitative estimate of drug-likeness (QED) is 0.0134. The van der Waals surface area contributed by atoms with Gasteiger partial charge in [-0.05, 0) is 108 Å². The fourth-order valence-electron chi connectivity index (χ4n) is 17.7. The molecule has 760 valence electrons. The molecule has 12 aromatic rings. The number of pyridine rings is 4. The molecule has 0 saturated carbocycles. The Bertz CT molecular complexity index is 6190. The third-order valence-corrected chi connectivity index (χ3v) is 24.9. The molecule has 0 unspecified atom stereocenters. The van der Waals surface area contributed by atoms with Crippen LogP contribution in [0.4, 0.5) is 77.1 Å². The number of nitrogens with one attached hydrogen (secondary N) is 8. The summed E-state index contributed by atoms with van der Waals surface area (Å²) in [4.78, 5) is 79.4. The predicted octanol–water partition coefficient (Wildman–Crippen LogP) is 18.0. The Balaban J connectivity index is 0.000000161. The number of methoxy groups -OCH3 is 6. The Labute approximate surface area is 832 Å². The van der Waals surface area contributed by atoms with E-state index in [2.05, 4.69) is 77.1 Å². The van der Waals surface area contributed by atoms with Gasteiger partial charge in [-0.2, -0.15) is 0 Å². The highest BCUT2D eigenvalue weighted by molar-refractivity contribution is 5.97. The van der Waals surface area contributed by atoms with Crippen LogP contribution >= 0.6 is 0 Å². The van der Waals surface area contributed by atoms with Crippen molar-refractivity contribution >= 4 is 46.9 Å². The number of urea groups is 4. The van der Waals surface area contributed by atoms with Crippen molar-refractivity contribution in [1.29, 1.82) is 0 Å². The largest absolute Gasteiger partial charge is 0.495 e. The molecule has 0 radical (unpaired) electrons. The summed E-state index contributed by atoms with van der Waals surface area (Å²) >= 11 is 0. The summed E-state index contributed by atoms with van der Waals surface area (Å²) in [5, 5.41) is 23.8. The lowest BCUT2D eigenvalue weighted by Gasteiger charge is -2.21. The Morgan fingerprint density at radius 1 is 0.312 bits per heavy atom. The molecule has 16 rings (SSSR count). The van der Waals surface area contributed by atoms with Gasteiger partial charge in [0.15, 0.2) is 46.5 Å². The van der Waals surface area contributed by atoms with Crippen LogP contribution in [0.25, 0.3) is 45.0 Å². The molecule has 28 nitrogen and oxygen atoms in total. The molecule has 4 aliphatic rings. The van der Waals surface area contributed by atoms with Gasteiger partial charge < -0.3 is 80.4 Å². The third kappa shape index (κ3) is 30.0. The lowest BCUT2D eigenvalue weighted by atomic mass is 9.94. The molecule has 4 aromatic heterocycles. The summed E-state index contributed by atoms with van der Waals surface area (Å²) in [5.74, 6) is -6.67. The topological polar surface area (TPSA) is 303 Å². The molecule has 0 spiro atoms. The van der Waals surface area contributed by atoms with E-state index in [9.17, 15) is 54.3 Å². The van der Waals surface area contributed by atoms with Crippen LogP contribution in [0.2, 0.25) is 0 Å².